The molecule has 0 aromatic heterocycles. The van der Waals surface area contributed by atoms with E-state index in [2.05, 4.69) is 17.6 Å². The first-order valence-corrected chi connectivity index (χ1v) is 13.0. The van der Waals surface area contributed by atoms with E-state index >= 15 is 0 Å². The predicted octanol–water partition coefficient (Wildman–Crippen LogP) is 4.43. The summed E-state index contributed by atoms with van der Waals surface area (Å²) in [5, 5.41) is 6.54. The molecule has 0 spiro atoms. The molecule has 8 saturated carbocycles. The molecule has 0 saturated heterocycles. The van der Waals surface area contributed by atoms with Gasteiger partial charge in [-0.15, -0.1) is 0 Å². The Morgan fingerprint density at radius 3 is 1.67 bits per heavy atom. The third-order valence-corrected chi connectivity index (χ3v) is 10.5. The maximum atomic E-state index is 13.1. The van der Waals surface area contributed by atoms with Crippen molar-refractivity contribution in [2.45, 2.75) is 96.4 Å². The zero-order valence-electron chi connectivity index (χ0n) is 18.8. The Balaban J connectivity index is 1.00. The molecule has 2 amide bonds. The van der Waals surface area contributed by atoms with Crippen LogP contribution in [-0.4, -0.2) is 24.4 Å². The van der Waals surface area contributed by atoms with Gasteiger partial charge in [0.1, 0.15) is 0 Å². The average Bonchev–Trinajstić information content (AvgIpc) is 2.65. The Morgan fingerprint density at radius 1 is 0.767 bits per heavy atom. The van der Waals surface area contributed by atoms with Gasteiger partial charge in [0.05, 0.1) is 0 Å². The maximum Gasteiger partial charge on any atom is 0.226 e. The van der Waals surface area contributed by atoms with Crippen LogP contribution in [0.5, 0.6) is 0 Å². The van der Waals surface area contributed by atoms with E-state index in [1.807, 2.05) is 0 Å². The second-order valence-electron chi connectivity index (χ2n) is 12.8. The fourth-order valence-electron chi connectivity index (χ4n) is 10.0. The average molecular weight is 413 g/mol. The summed E-state index contributed by atoms with van der Waals surface area (Å²) in [5.74, 6) is 5.47. The fraction of sp³-hybridized carbons (Fsp3) is 0.923. The van der Waals surface area contributed by atoms with Crippen molar-refractivity contribution in [2.75, 3.05) is 6.54 Å². The molecule has 166 valence electrons. The molecular weight excluding hydrogens is 372 g/mol. The SMILES string of the molecule is C[C@H](NC(=O)CCNC(=O)C12CC3CC(CC(C3)C1)C2)C12CC3CC(CC(C3)C1)C2. The van der Waals surface area contributed by atoms with Gasteiger partial charge in [-0.25, -0.2) is 0 Å². The van der Waals surface area contributed by atoms with E-state index in [1.165, 1.54) is 57.8 Å². The molecule has 8 rings (SSSR count). The Hall–Kier alpha value is -1.06. The maximum absolute atomic E-state index is 13.1. The molecule has 0 aromatic rings. The van der Waals surface area contributed by atoms with Gasteiger partial charge in [0.2, 0.25) is 11.8 Å². The fourth-order valence-corrected chi connectivity index (χ4v) is 10.0. The van der Waals surface area contributed by atoms with Crippen molar-refractivity contribution in [1.29, 1.82) is 0 Å². The summed E-state index contributed by atoms with van der Waals surface area (Å²) in [6.07, 6.45) is 16.1. The zero-order valence-corrected chi connectivity index (χ0v) is 18.8. The number of amides is 2. The van der Waals surface area contributed by atoms with Crippen molar-refractivity contribution < 1.29 is 9.59 Å². The summed E-state index contributed by atoms with van der Waals surface area (Å²) in [4.78, 5) is 25.8. The topological polar surface area (TPSA) is 58.2 Å². The van der Waals surface area contributed by atoms with Crippen LogP contribution < -0.4 is 10.6 Å². The number of carbonyl (C=O) groups is 2. The van der Waals surface area contributed by atoms with E-state index in [9.17, 15) is 9.59 Å². The molecule has 8 bridgehead atoms. The molecular formula is C26H40N2O2. The van der Waals surface area contributed by atoms with E-state index in [1.54, 1.807) is 0 Å². The van der Waals surface area contributed by atoms with Gasteiger partial charge in [0.15, 0.2) is 0 Å². The van der Waals surface area contributed by atoms with Crippen LogP contribution in [0.2, 0.25) is 0 Å². The first-order chi connectivity index (χ1) is 14.4. The minimum atomic E-state index is -0.0995. The van der Waals surface area contributed by atoms with Gasteiger partial charge >= 0.3 is 0 Å². The second-order valence-corrected chi connectivity index (χ2v) is 12.8. The molecule has 4 heteroatoms. The van der Waals surface area contributed by atoms with Crippen LogP contribution >= 0.6 is 0 Å². The molecule has 0 unspecified atom stereocenters. The monoisotopic (exact) mass is 412 g/mol. The number of carbonyl (C=O) groups excluding carboxylic acids is 2. The zero-order chi connectivity index (χ0) is 20.5. The summed E-state index contributed by atoms with van der Waals surface area (Å²) in [6.45, 7) is 2.75. The van der Waals surface area contributed by atoms with Crippen LogP contribution in [0.1, 0.15) is 90.4 Å². The lowest BCUT2D eigenvalue weighted by atomic mass is 9.48. The summed E-state index contributed by atoms with van der Waals surface area (Å²) < 4.78 is 0. The largest absolute Gasteiger partial charge is 0.355 e. The van der Waals surface area contributed by atoms with Gasteiger partial charge < -0.3 is 10.6 Å². The molecule has 0 aromatic carbocycles. The number of hydrogen-bond acceptors (Lipinski definition) is 2. The summed E-state index contributed by atoms with van der Waals surface area (Å²) in [6, 6.07) is 0.275. The minimum absolute atomic E-state index is 0.0995. The number of nitrogens with one attached hydrogen (secondary N) is 2. The quantitative estimate of drug-likeness (QED) is 0.678. The Morgan fingerprint density at radius 2 is 1.20 bits per heavy atom. The minimum Gasteiger partial charge on any atom is -0.355 e. The number of hydrogen-bond donors (Lipinski definition) is 2. The van der Waals surface area contributed by atoms with Crippen LogP contribution in [0.25, 0.3) is 0 Å². The van der Waals surface area contributed by atoms with Gasteiger partial charge in [-0.1, -0.05) is 0 Å². The molecule has 8 aliphatic rings. The van der Waals surface area contributed by atoms with E-state index in [4.69, 9.17) is 0 Å². The first kappa shape index (κ1) is 19.6. The van der Waals surface area contributed by atoms with Crippen LogP contribution in [0.15, 0.2) is 0 Å². The molecule has 30 heavy (non-hydrogen) atoms. The smallest absolute Gasteiger partial charge is 0.226 e. The van der Waals surface area contributed by atoms with Crippen molar-refractivity contribution in [2.24, 2.45) is 46.3 Å². The Labute approximate surface area is 181 Å². The highest BCUT2D eigenvalue weighted by atomic mass is 16.2. The number of rotatable bonds is 6. The molecule has 1 atom stereocenters. The van der Waals surface area contributed by atoms with Crippen molar-refractivity contribution in [3.63, 3.8) is 0 Å². The lowest BCUT2D eigenvalue weighted by molar-refractivity contribution is -0.146. The lowest BCUT2D eigenvalue weighted by Crippen LogP contribution is -2.56. The van der Waals surface area contributed by atoms with Gasteiger partial charge in [-0.2, -0.15) is 0 Å². The van der Waals surface area contributed by atoms with Crippen LogP contribution in [0.4, 0.5) is 0 Å². The molecule has 0 radical (unpaired) electrons. The summed E-state index contributed by atoms with van der Waals surface area (Å²) in [5.41, 5.74) is 0.255. The van der Waals surface area contributed by atoms with E-state index < -0.39 is 0 Å². The molecule has 8 aliphatic carbocycles. The standard InChI is InChI=1S/C26H40N2O2/c1-16(25-10-17-4-18(11-25)6-19(5-17)12-25)28-23(29)2-3-27-24(30)26-13-20-7-21(14-26)9-22(8-20)15-26/h16-22H,2-15H2,1H3,(H,27,30)(H,28,29)/t16-,17?,18?,19?,20?,21?,22?,25?,26?/m0/s1. The van der Waals surface area contributed by atoms with E-state index in [-0.39, 0.29) is 23.3 Å². The molecule has 0 aliphatic heterocycles. The van der Waals surface area contributed by atoms with E-state index in [0.29, 0.717) is 18.4 Å². The molecule has 4 nitrogen and oxygen atoms in total. The van der Waals surface area contributed by atoms with Crippen LogP contribution in [-0.2, 0) is 9.59 Å². The first-order valence-electron chi connectivity index (χ1n) is 13.0. The Kier molecular flexibility index (Phi) is 4.56. The van der Waals surface area contributed by atoms with Crippen LogP contribution in [0, 0.1) is 46.3 Å². The van der Waals surface area contributed by atoms with Crippen molar-refractivity contribution in [3.8, 4) is 0 Å². The molecule has 8 fully saturated rings. The highest BCUT2D eigenvalue weighted by molar-refractivity contribution is 5.84. The van der Waals surface area contributed by atoms with Crippen molar-refractivity contribution in [1.82, 2.24) is 10.6 Å². The summed E-state index contributed by atoms with van der Waals surface area (Å²) >= 11 is 0. The normalized spacial score (nSPS) is 48.6. The van der Waals surface area contributed by atoms with E-state index in [0.717, 1.165) is 54.8 Å². The predicted molar refractivity (Wildman–Crippen MR) is 116 cm³/mol. The highest BCUT2D eigenvalue weighted by Gasteiger charge is 2.55. The van der Waals surface area contributed by atoms with Crippen LogP contribution in [0.3, 0.4) is 0 Å². The molecule has 0 heterocycles. The molecule has 2 N–H and O–H groups in total. The highest BCUT2D eigenvalue weighted by Crippen LogP contribution is 2.61. The van der Waals surface area contributed by atoms with Crippen molar-refractivity contribution in [3.05, 3.63) is 0 Å². The lowest BCUT2D eigenvalue weighted by Gasteiger charge is -2.59. The van der Waals surface area contributed by atoms with Gasteiger partial charge in [-0.3, -0.25) is 9.59 Å². The summed E-state index contributed by atoms with van der Waals surface area (Å²) in [7, 11) is 0. The third kappa shape index (κ3) is 3.23. The Bertz CT molecular complexity index is 658. The van der Waals surface area contributed by atoms with Gasteiger partial charge in [-0.05, 0) is 125 Å². The van der Waals surface area contributed by atoms with Crippen molar-refractivity contribution >= 4 is 11.8 Å². The van der Waals surface area contributed by atoms with Gasteiger partial charge in [0, 0.05) is 24.4 Å². The second kappa shape index (κ2) is 6.97. The van der Waals surface area contributed by atoms with Gasteiger partial charge in [0.25, 0.3) is 0 Å². The third-order valence-electron chi connectivity index (χ3n) is 10.5.